The first kappa shape index (κ1) is 16.9. The van der Waals surface area contributed by atoms with E-state index in [4.69, 9.17) is 0 Å². The number of carbonyl (C=O) groups excluding carboxylic acids is 1. The number of halogens is 1. The third kappa shape index (κ3) is 3.13. The molecule has 3 aromatic rings. The smallest absolute Gasteiger partial charge is 0.232 e. The summed E-state index contributed by atoms with van der Waals surface area (Å²) in [5, 5.41) is 3.08. The molecule has 0 saturated carbocycles. The van der Waals surface area contributed by atoms with E-state index in [1.165, 1.54) is 5.56 Å². The number of hydrogen-bond acceptors (Lipinski definition) is 2. The van der Waals surface area contributed by atoms with Gasteiger partial charge in [0.05, 0.1) is 5.92 Å². The molecule has 3 nitrogen and oxygen atoms in total. The highest BCUT2D eigenvalue weighted by atomic mass is 79.9. The van der Waals surface area contributed by atoms with E-state index >= 15 is 0 Å². The van der Waals surface area contributed by atoms with Gasteiger partial charge in [-0.05, 0) is 47.9 Å². The van der Waals surface area contributed by atoms with Crippen LogP contribution in [0.25, 0.3) is 0 Å². The van der Waals surface area contributed by atoms with Crippen LogP contribution in [0.3, 0.4) is 0 Å². The van der Waals surface area contributed by atoms with E-state index in [0.29, 0.717) is 6.42 Å². The third-order valence-corrected chi connectivity index (χ3v) is 5.35. The molecule has 4 rings (SSSR count). The lowest BCUT2D eigenvalue weighted by Gasteiger charge is -2.22. The summed E-state index contributed by atoms with van der Waals surface area (Å²) >= 11 is 3.46. The summed E-state index contributed by atoms with van der Waals surface area (Å²) in [5.41, 5.74) is 5.26. The standard InChI is InChI=1S/C22H19BrN2O/c1-25-20-11-4-2-7-15(20)13-19(18-10-3-5-12-21(18)25)22(26)24-17-9-6-8-16(23)14-17/h2-12,14,19H,13H2,1H3,(H,24,26)/t19-/m1/s1. The minimum atomic E-state index is -0.240. The molecular formula is C22H19BrN2O. The maximum atomic E-state index is 13.2. The van der Waals surface area contributed by atoms with E-state index in [-0.39, 0.29) is 11.8 Å². The first-order chi connectivity index (χ1) is 12.6. The number of amides is 1. The molecule has 130 valence electrons. The van der Waals surface area contributed by atoms with Gasteiger partial charge in [-0.25, -0.2) is 0 Å². The van der Waals surface area contributed by atoms with Gasteiger partial charge in [0.2, 0.25) is 5.91 Å². The van der Waals surface area contributed by atoms with Crippen molar-refractivity contribution in [1.29, 1.82) is 0 Å². The number of fused-ring (bicyclic) bond motifs is 2. The maximum Gasteiger partial charge on any atom is 0.232 e. The fourth-order valence-corrected chi connectivity index (χ4v) is 3.99. The van der Waals surface area contributed by atoms with E-state index < -0.39 is 0 Å². The number of hydrogen-bond donors (Lipinski definition) is 1. The average Bonchev–Trinajstić information content (AvgIpc) is 2.77. The molecule has 0 saturated heterocycles. The lowest BCUT2D eigenvalue weighted by Crippen LogP contribution is -2.23. The second kappa shape index (κ2) is 6.96. The number of nitrogens with one attached hydrogen (secondary N) is 1. The molecule has 0 aliphatic carbocycles. The summed E-state index contributed by atoms with van der Waals surface area (Å²) in [5.74, 6) is -0.225. The van der Waals surface area contributed by atoms with Crippen LogP contribution in [0.2, 0.25) is 0 Å². The molecule has 0 aromatic heterocycles. The SMILES string of the molecule is CN1c2ccccc2C[C@@H](C(=O)Nc2cccc(Br)c2)c2ccccc21. The van der Waals surface area contributed by atoms with Crippen LogP contribution in [0, 0.1) is 0 Å². The second-order valence-electron chi connectivity index (χ2n) is 6.50. The average molecular weight is 407 g/mol. The topological polar surface area (TPSA) is 32.3 Å². The quantitative estimate of drug-likeness (QED) is 0.609. The number of nitrogens with zero attached hydrogens (tertiary/aromatic N) is 1. The molecule has 0 fully saturated rings. The number of carbonyl (C=O) groups is 1. The fourth-order valence-electron chi connectivity index (χ4n) is 3.59. The van der Waals surface area contributed by atoms with Crippen LogP contribution in [0.4, 0.5) is 17.1 Å². The summed E-state index contributed by atoms with van der Waals surface area (Å²) < 4.78 is 0.946. The molecule has 4 heteroatoms. The molecule has 3 aromatic carbocycles. The van der Waals surface area contributed by atoms with Gasteiger partial charge in [-0.3, -0.25) is 4.79 Å². The number of para-hydroxylation sites is 2. The van der Waals surface area contributed by atoms with Gasteiger partial charge in [0.25, 0.3) is 0 Å². The van der Waals surface area contributed by atoms with E-state index in [2.05, 4.69) is 57.5 Å². The Morgan fingerprint density at radius 1 is 1.00 bits per heavy atom. The largest absolute Gasteiger partial charge is 0.344 e. The normalized spacial score (nSPS) is 15.6. The predicted molar refractivity (Wildman–Crippen MR) is 110 cm³/mol. The summed E-state index contributed by atoms with van der Waals surface area (Å²) in [6.45, 7) is 0. The highest BCUT2D eigenvalue weighted by Gasteiger charge is 2.29. The van der Waals surface area contributed by atoms with Crippen molar-refractivity contribution in [2.24, 2.45) is 0 Å². The number of benzene rings is 3. The molecular weight excluding hydrogens is 388 g/mol. The van der Waals surface area contributed by atoms with Crippen molar-refractivity contribution in [3.05, 3.63) is 88.4 Å². The first-order valence-corrected chi connectivity index (χ1v) is 9.40. The minimum absolute atomic E-state index is 0.0145. The van der Waals surface area contributed by atoms with Gasteiger partial charge >= 0.3 is 0 Å². The molecule has 1 N–H and O–H groups in total. The highest BCUT2D eigenvalue weighted by molar-refractivity contribution is 9.10. The van der Waals surface area contributed by atoms with Crippen molar-refractivity contribution >= 4 is 38.9 Å². The monoisotopic (exact) mass is 406 g/mol. The Kier molecular flexibility index (Phi) is 4.51. The van der Waals surface area contributed by atoms with Crippen molar-refractivity contribution in [2.75, 3.05) is 17.3 Å². The molecule has 0 bridgehead atoms. The predicted octanol–water partition coefficient (Wildman–Crippen LogP) is 5.50. The zero-order valence-corrected chi connectivity index (χ0v) is 16.0. The molecule has 0 radical (unpaired) electrons. The van der Waals surface area contributed by atoms with Gasteiger partial charge in [-0.15, -0.1) is 0 Å². The van der Waals surface area contributed by atoms with Gasteiger partial charge in [0, 0.05) is 28.6 Å². The van der Waals surface area contributed by atoms with E-state index in [1.807, 2.05) is 48.5 Å². The van der Waals surface area contributed by atoms with E-state index in [9.17, 15) is 4.79 Å². The Morgan fingerprint density at radius 2 is 1.73 bits per heavy atom. The zero-order valence-electron chi connectivity index (χ0n) is 14.4. The van der Waals surface area contributed by atoms with Crippen molar-refractivity contribution in [2.45, 2.75) is 12.3 Å². The lowest BCUT2D eigenvalue weighted by molar-refractivity contribution is -0.117. The molecule has 0 unspecified atom stereocenters. The summed E-state index contributed by atoms with van der Waals surface area (Å²) in [6, 6.07) is 24.1. The van der Waals surface area contributed by atoms with Crippen molar-refractivity contribution in [3.63, 3.8) is 0 Å². The Balaban J connectivity index is 1.75. The van der Waals surface area contributed by atoms with Crippen LogP contribution in [-0.2, 0) is 11.2 Å². The van der Waals surface area contributed by atoms with E-state index in [1.54, 1.807) is 0 Å². The van der Waals surface area contributed by atoms with Crippen LogP contribution in [0.1, 0.15) is 17.0 Å². The van der Waals surface area contributed by atoms with Crippen LogP contribution >= 0.6 is 15.9 Å². The first-order valence-electron chi connectivity index (χ1n) is 8.60. The number of anilines is 3. The molecule has 1 heterocycles. The Morgan fingerprint density at radius 3 is 2.54 bits per heavy atom. The Hall–Kier alpha value is -2.59. The summed E-state index contributed by atoms with van der Waals surface area (Å²) in [6.07, 6.45) is 0.678. The second-order valence-corrected chi connectivity index (χ2v) is 7.42. The van der Waals surface area contributed by atoms with Crippen LogP contribution in [0.5, 0.6) is 0 Å². The fraction of sp³-hybridized carbons (Fsp3) is 0.136. The van der Waals surface area contributed by atoms with Crippen LogP contribution in [0.15, 0.2) is 77.3 Å². The molecule has 1 amide bonds. The van der Waals surface area contributed by atoms with Crippen molar-refractivity contribution < 1.29 is 4.79 Å². The van der Waals surface area contributed by atoms with Gasteiger partial charge in [0.15, 0.2) is 0 Å². The third-order valence-electron chi connectivity index (χ3n) is 4.86. The van der Waals surface area contributed by atoms with Gasteiger partial charge < -0.3 is 10.2 Å². The maximum absolute atomic E-state index is 13.2. The van der Waals surface area contributed by atoms with Gasteiger partial charge in [-0.1, -0.05) is 58.4 Å². The molecule has 1 aliphatic rings. The lowest BCUT2D eigenvalue weighted by atomic mass is 9.91. The van der Waals surface area contributed by atoms with Crippen LogP contribution in [-0.4, -0.2) is 13.0 Å². The molecule has 26 heavy (non-hydrogen) atoms. The van der Waals surface area contributed by atoms with Crippen LogP contribution < -0.4 is 10.2 Å². The summed E-state index contributed by atoms with van der Waals surface area (Å²) in [7, 11) is 2.06. The molecule has 1 aliphatic heterocycles. The number of rotatable bonds is 2. The van der Waals surface area contributed by atoms with Gasteiger partial charge in [-0.2, -0.15) is 0 Å². The molecule has 1 atom stereocenters. The van der Waals surface area contributed by atoms with Crippen molar-refractivity contribution in [3.8, 4) is 0 Å². The Labute approximate surface area is 161 Å². The van der Waals surface area contributed by atoms with Crippen molar-refractivity contribution in [1.82, 2.24) is 0 Å². The van der Waals surface area contributed by atoms with E-state index in [0.717, 1.165) is 27.1 Å². The highest BCUT2D eigenvalue weighted by Crippen LogP contribution is 2.40. The van der Waals surface area contributed by atoms with Gasteiger partial charge in [0.1, 0.15) is 0 Å². The summed E-state index contributed by atoms with van der Waals surface area (Å²) in [4.78, 5) is 15.3. The zero-order chi connectivity index (χ0) is 18.1. The minimum Gasteiger partial charge on any atom is -0.344 e. The molecule has 0 spiro atoms. The Bertz CT molecular complexity index is 970.